The van der Waals surface area contributed by atoms with Gasteiger partial charge in [0.15, 0.2) is 11.6 Å². The minimum Gasteiger partial charge on any atom is -0.530 e. The molecule has 1 N–H and O–H groups in total. The van der Waals surface area contributed by atoms with E-state index in [4.69, 9.17) is 0 Å². The monoisotopic (exact) mass is 237 g/mol. The van der Waals surface area contributed by atoms with Crippen LogP contribution in [-0.2, 0) is 5.41 Å². The van der Waals surface area contributed by atoms with Crippen LogP contribution in [0.25, 0.3) is 0 Å². The lowest BCUT2D eigenvalue weighted by Gasteiger charge is -2.24. The number of nitrogens with one attached hydrogen (secondary N) is 1. The lowest BCUT2D eigenvalue weighted by molar-refractivity contribution is -0.242. The Hall–Kier alpha value is -1.73. The van der Waals surface area contributed by atoms with E-state index in [1.165, 1.54) is 0 Å². The topological polar surface area (TPSA) is 78.2 Å². The van der Waals surface area contributed by atoms with E-state index in [2.05, 4.69) is 9.68 Å². The maximum atomic E-state index is 12.6. The van der Waals surface area contributed by atoms with E-state index in [0.29, 0.717) is 0 Å². The molecule has 0 radical (unpaired) electrons. The zero-order valence-corrected chi connectivity index (χ0v) is 8.38. The van der Waals surface area contributed by atoms with Crippen molar-refractivity contribution in [1.82, 2.24) is 5.16 Å². The highest BCUT2D eigenvalue weighted by atomic mass is 19.4. The largest absolute Gasteiger partial charge is 0.530 e. The summed E-state index contributed by atoms with van der Waals surface area (Å²) in [5.41, 5.74) is -2.24. The molecule has 0 saturated carbocycles. The van der Waals surface area contributed by atoms with Gasteiger partial charge in [0.25, 0.3) is 0 Å². The molecule has 0 spiro atoms. The van der Waals surface area contributed by atoms with Crippen LogP contribution in [-0.4, -0.2) is 17.4 Å². The van der Waals surface area contributed by atoms with E-state index >= 15 is 0 Å². The second-order valence-corrected chi connectivity index (χ2v) is 3.61. The third-order valence-corrected chi connectivity index (χ3v) is 2.06. The van der Waals surface area contributed by atoms with Crippen molar-refractivity contribution < 1.29 is 27.6 Å². The first-order valence-corrected chi connectivity index (χ1v) is 4.16. The van der Waals surface area contributed by atoms with Gasteiger partial charge in [-0.25, -0.2) is 0 Å². The number of hydrogen-bond donors (Lipinski definition) is 1. The Morgan fingerprint density at radius 2 is 2.06 bits per heavy atom. The molecule has 0 aliphatic heterocycles. The van der Waals surface area contributed by atoms with Gasteiger partial charge >= 0.3 is 6.18 Å². The lowest BCUT2D eigenvalue weighted by Crippen LogP contribution is -2.36. The molecule has 0 aromatic carbocycles. The molecule has 90 valence electrons. The molecule has 1 heterocycles. The van der Waals surface area contributed by atoms with Crippen LogP contribution >= 0.6 is 0 Å². The van der Waals surface area contributed by atoms with E-state index < -0.39 is 23.4 Å². The maximum Gasteiger partial charge on any atom is 0.401 e. The fraction of sp³-hybridized carbons (Fsp3) is 0.500. The number of aromatic nitrogens is 1. The number of hydrogen-bond acceptors (Lipinski definition) is 4. The Morgan fingerprint density at radius 1 is 1.50 bits per heavy atom. The summed E-state index contributed by atoms with van der Waals surface area (Å²) >= 11 is 0. The third kappa shape index (κ3) is 2.26. The molecule has 1 aromatic rings. The van der Waals surface area contributed by atoms with E-state index in [-0.39, 0.29) is 5.82 Å². The quantitative estimate of drug-likeness (QED) is 0.840. The fourth-order valence-corrected chi connectivity index (χ4v) is 0.873. The Balaban J connectivity index is 2.98. The van der Waals surface area contributed by atoms with Crippen LogP contribution in [0.3, 0.4) is 0 Å². The SMILES string of the molecule is CC(C)(c1cc(NC(=O)[O-])no1)C(F)(F)F. The van der Waals surface area contributed by atoms with E-state index in [1.807, 2.05) is 0 Å². The number of alkyl halides is 3. The second-order valence-electron chi connectivity index (χ2n) is 3.61. The molecule has 1 rings (SSSR count). The standard InChI is InChI=1S/C8H9F3N2O3/c1-7(2,8(9,10)11)4-3-5(13-16-4)12-6(14)15/h3H,1-2H3,(H,12,13)(H,14,15)/p-1. The Bertz CT molecular complexity index is 397. The molecule has 0 bridgehead atoms. The van der Waals surface area contributed by atoms with Gasteiger partial charge in [0.2, 0.25) is 0 Å². The van der Waals surface area contributed by atoms with Gasteiger partial charge < -0.3 is 19.7 Å². The highest BCUT2D eigenvalue weighted by molar-refractivity contribution is 5.79. The average Bonchev–Trinajstić information content (AvgIpc) is 2.49. The smallest absolute Gasteiger partial charge is 0.401 e. The normalized spacial score (nSPS) is 12.6. The van der Waals surface area contributed by atoms with Crippen molar-refractivity contribution >= 4 is 11.9 Å². The van der Waals surface area contributed by atoms with Crippen LogP contribution in [0.2, 0.25) is 0 Å². The summed E-state index contributed by atoms with van der Waals surface area (Å²) in [6.45, 7) is 1.80. The number of nitrogens with zero attached hydrogens (tertiary/aromatic N) is 1. The Labute approximate surface area is 88.2 Å². The van der Waals surface area contributed by atoms with Crippen LogP contribution in [0.15, 0.2) is 10.6 Å². The summed E-state index contributed by atoms with van der Waals surface area (Å²) < 4.78 is 42.1. The number of amides is 1. The van der Waals surface area contributed by atoms with Gasteiger partial charge in [0.05, 0.1) is 0 Å². The maximum absolute atomic E-state index is 12.6. The van der Waals surface area contributed by atoms with Crippen molar-refractivity contribution in [2.24, 2.45) is 0 Å². The van der Waals surface area contributed by atoms with Crippen LogP contribution in [0.4, 0.5) is 23.8 Å². The molecule has 0 unspecified atom stereocenters. The van der Waals surface area contributed by atoms with Gasteiger partial charge in [0, 0.05) is 6.07 Å². The summed E-state index contributed by atoms with van der Waals surface area (Å²) in [7, 11) is 0. The molecule has 0 aliphatic carbocycles. The van der Waals surface area contributed by atoms with E-state index in [9.17, 15) is 23.1 Å². The molecule has 1 amide bonds. The van der Waals surface area contributed by atoms with Crippen molar-refractivity contribution in [2.45, 2.75) is 25.4 Å². The van der Waals surface area contributed by atoms with E-state index in [0.717, 1.165) is 19.9 Å². The summed E-state index contributed by atoms with van der Waals surface area (Å²) in [5, 5.41) is 14.9. The molecule has 0 atom stereocenters. The number of carbonyl (C=O) groups is 1. The van der Waals surface area contributed by atoms with Crippen molar-refractivity contribution in [3.8, 4) is 0 Å². The lowest BCUT2D eigenvalue weighted by atomic mass is 9.89. The summed E-state index contributed by atoms with van der Waals surface area (Å²) in [6.07, 6.45) is -6.20. The molecular weight excluding hydrogens is 229 g/mol. The predicted molar refractivity (Wildman–Crippen MR) is 44.6 cm³/mol. The predicted octanol–water partition coefficient (Wildman–Crippen LogP) is 1.27. The number of anilines is 1. The molecule has 0 fully saturated rings. The summed E-state index contributed by atoms with van der Waals surface area (Å²) in [4.78, 5) is 10.1. The first kappa shape index (κ1) is 12.3. The molecule has 8 heteroatoms. The van der Waals surface area contributed by atoms with Crippen LogP contribution in [0, 0.1) is 0 Å². The average molecular weight is 237 g/mol. The third-order valence-electron chi connectivity index (χ3n) is 2.06. The number of halogens is 3. The van der Waals surface area contributed by atoms with Crippen molar-refractivity contribution in [2.75, 3.05) is 5.32 Å². The van der Waals surface area contributed by atoms with Gasteiger partial charge in [-0.05, 0) is 13.8 Å². The van der Waals surface area contributed by atoms with Crippen LogP contribution in [0.1, 0.15) is 19.6 Å². The minimum atomic E-state index is -4.52. The van der Waals surface area contributed by atoms with Gasteiger partial charge in [-0.15, -0.1) is 0 Å². The van der Waals surface area contributed by atoms with Crippen molar-refractivity contribution in [1.29, 1.82) is 0 Å². The first-order chi connectivity index (χ1) is 7.14. The minimum absolute atomic E-state index is 0.340. The molecular formula is C8H8F3N2O3-. The summed E-state index contributed by atoms with van der Waals surface area (Å²) in [5.74, 6) is -0.823. The Kier molecular flexibility index (Phi) is 2.85. The van der Waals surface area contributed by atoms with Gasteiger partial charge in [-0.1, -0.05) is 5.16 Å². The molecule has 16 heavy (non-hydrogen) atoms. The second kappa shape index (κ2) is 3.69. The Morgan fingerprint density at radius 3 is 2.50 bits per heavy atom. The first-order valence-electron chi connectivity index (χ1n) is 4.16. The molecule has 1 aromatic heterocycles. The van der Waals surface area contributed by atoms with Crippen LogP contribution < -0.4 is 10.4 Å². The van der Waals surface area contributed by atoms with Crippen molar-refractivity contribution in [3.05, 3.63) is 11.8 Å². The highest BCUT2D eigenvalue weighted by Gasteiger charge is 2.51. The molecule has 0 aliphatic rings. The highest BCUT2D eigenvalue weighted by Crippen LogP contribution is 2.40. The number of rotatable bonds is 2. The molecule has 5 nitrogen and oxygen atoms in total. The number of carbonyl (C=O) groups excluding carboxylic acids is 1. The van der Waals surface area contributed by atoms with Crippen molar-refractivity contribution in [3.63, 3.8) is 0 Å². The number of carboxylic acid groups (broad SMARTS) is 1. The fourth-order valence-electron chi connectivity index (χ4n) is 0.873. The molecule has 0 saturated heterocycles. The zero-order chi connectivity index (χ0) is 12.6. The van der Waals surface area contributed by atoms with Gasteiger partial charge in [-0.2, -0.15) is 13.2 Å². The van der Waals surface area contributed by atoms with Crippen LogP contribution in [0.5, 0.6) is 0 Å². The summed E-state index contributed by atoms with van der Waals surface area (Å²) in [6, 6.07) is 0.864. The van der Waals surface area contributed by atoms with E-state index in [1.54, 1.807) is 5.32 Å². The van der Waals surface area contributed by atoms with Gasteiger partial charge in [0.1, 0.15) is 11.5 Å². The zero-order valence-electron chi connectivity index (χ0n) is 8.38. The van der Waals surface area contributed by atoms with Gasteiger partial charge in [-0.3, -0.25) is 0 Å².